The molecule has 0 aromatic rings. The Hall–Kier alpha value is -1.48. The number of hydrogen-bond acceptors (Lipinski definition) is 2. The lowest BCUT2D eigenvalue weighted by Gasteiger charge is -2.19. The molecule has 0 heterocycles. The SMILES string of the molecule is CN(NC(=O)C(F)(F)F)C(=O)C(F)(F)F. The molecule has 88 valence electrons. The number of rotatable bonds is 0. The molecule has 2 amide bonds. The zero-order valence-electron chi connectivity index (χ0n) is 7.03. The monoisotopic (exact) mass is 238 g/mol. The Morgan fingerprint density at radius 1 is 1.00 bits per heavy atom. The minimum absolute atomic E-state index is 0.347. The Morgan fingerprint density at radius 3 is 1.67 bits per heavy atom. The molecule has 1 N–H and O–H groups in total. The van der Waals surface area contributed by atoms with Crippen LogP contribution in [-0.2, 0) is 9.59 Å². The molecule has 0 aromatic carbocycles. The molecule has 15 heavy (non-hydrogen) atoms. The second-order valence-electron chi connectivity index (χ2n) is 2.30. The van der Waals surface area contributed by atoms with E-state index in [1.807, 2.05) is 0 Å². The van der Waals surface area contributed by atoms with Crippen LogP contribution in [0.2, 0.25) is 0 Å². The van der Waals surface area contributed by atoms with E-state index in [2.05, 4.69) is 0 Å². The fraction of sp³-hybridized carbons (Fsp3) is 0.600. The molecule has 0 bridgehead atoms. The molecule has 4 nitrogen and oxygen atoms in total. The third-order valence-corrected chi connectivity index (χ3v) is 1.07. The highest BCUT2D eigenvalue weighted by molar-refractivity contribution is 5.87. The van der Waals surface area contributed by atoms with E-state index in [1.54, 1.807) is 0 Å². The van der Waals surface area contributed by atoms with Crippen LogP contribution in [0.1, 0.15) is 0 Å². The summed E-state index contributed by atoms with van der Waals surface area (Å²) in [5.41, 5.74) is 0.726. The molecular formula is C5H4F6N2O2. The number of nitrogens with zero attached hydrogens (tertiary/aromatic N) is 1. The molecule has 10 heteroatoms. The van der Waals surface area contributed by atoms with E-state index < -0.39 is 29.2 Å². The van der Waals surface area contributed by atoms with Crippen LogP contribution < -0.4 is 5.43 Å². The summed E-state index contributed by atoms with van der Waals surface area (Å²) >= 11 is 0. The number of alkyl halides is 6. The number of carbonyl (C=O) groups excluding carboxylic acids is 2. The summed E-state index contributed by atoms with van der Waals surface area (Å²) in [5.74, 6) is -5.28. The number of hydrogen-bond donors (Lipinski definition) is 1. The third kappa shape index (κ3) is 4.04. The van der Waals surface area contributed by atoms with Gasteiger partial charge in [-0.2, -0.15) is 26.3 Å². The molecule has 0 aliphatic carbocycles. The standard InChI is InChI=1S/C5H4F6N2O2/c1-13(3(15)5(9,10)11)12-2(14)4(6,7)8/h1H3,(H,12,14). The average molecular weight is 238 g/mol. The first-order valence-corrected chi connectivity index (χ1v) is 3.19. The van der Waals surface area contributed by atoms with Crippen molar-refractivity contribution in [2.24, 2.45) is 0 Å². The second-order valence-corrected chi connectivity index (χ2v) is 2.30. The highest BCUT2D eigenvalue weighted by atomic mass is 19.4. The number of halogens is 6. The first-order valence-electron chi connectivity index (χ1n) is 3.19. The van der Waals surface area contributed by atoms with Crippen LogP contribution in [-0.4, -0.2) is 36.2 Å². The van der Waals surface area contributed by atoms with Crippen molar-refractivity contribution >= 4 is 11.8 Å². The Labute approximate surface area is 78.8 Å². The van der Waals surface area contributed by atoms with Crippen molar-refractivity contribution in [2.75, 3.05) is 7.05 Å². The minimum Gasteiger partial charge on any atom is -0.263 e. The molecule has 0 atom stereocenters. The van der Waals surface area contributed by atoms with Crippen LogP contribution in [0.3, 0.4) is 0 Å². The summed E-state index contributed by atoms with van der Waals surface area (Å²) in [6.07, 6.45) is -10.7. The fourth-order valence-electron chi connectivity index (χ4n) is 0.457. The van der Waals surface area contributed by atoms with Gasteiger partial charge in [0, 0.05) is 7.05 Å². The van der Waals surface area contributed by atoms with Crippen LogP contribution >= 0.6 is 0 Å². The molecular weight excluding hydrogens is 234 g/mol. The van der Waals surface area contributed by atoms with Gasteiger partial charge in [0.1, 0.15) is 0 Å². The van der Waals surface area contributed by atoms with Gasteiger partial charge in [-0.1, -0.05) is 0 Å². The van der Waals surface area contributed by atoms with Crippen molar-refractivity contribution in [3.8, 4) is 0 Å². The number of hydrazine groups is 1. The number of nitrogens with one attached hydrogen (secondary N) is 1. The molecule has 0 aliphatic heterocycles. The number of carbonyl (C=O) groups is 2. The normalized spacial score (nSPS) is 12.2. The van der Waals surface area contributed by atoms with Crippen molar-refractivity contribution in [3.05, 3.63) is 0 Å². The Balaban J connectivity index is 4.46. The summed E-state index contributed by atoms with van der Waals surface area (Å²) in [4.78, 5) is 20.4. The minimum atomic E-state index is -5.36. The molecule has 0 radical (unpaired) electrons. The topological polar surface area (TPSA) is 49.4 Å². The third-order valence-electron chi connectivity index (χ3n) is 1.07. The first-order chi connectivity index (χ1) is 6.46. The maximum atomic E-state index is 11.6. The quantitative estimate of drug-likeness (QED) is 0.496. The van der Waals surface area contributed by atoms with Gasteiger partial charge in [0.15, 0.2) is 0 Å². The van der Waals surface area contributed by atoms with Gasteiger partial charge >= 0.3 is 24.2 Å². The van der Waals surface area contributed by atoms with E-state index in [4.69, 9.17) is 0 Å². The molecule has 0 rings (SSSR count). The van der Waals surface area contributed by atoms with Gasteiger partial charge in [-0.15, -0.1) is 0 Å². The molecule has 0 unspecified atom stereocenters. The van der Waals surface area contributed by atoms with Crippen molar-refractivity contribution in [3.63, 3.8) is 0 Å². The van der Waals surface area contributed by atoms with Crippen LogP contribution in [0.25, 0.3) is 0 Å². The van der Waals surface area contributed by atoms with Gasteiger partial charge in [0.05, 0.1) is 0 Å². The molecule has 0 aliphatic rings. The summed E-state index contributed by atoms with van der Waals surface area (Å²) < 4.78 is 69.5. The Morgan fingerprint density at radius 2 is 1.40 bits per heavy atom. The van der Waals surface area contributed by atoms with Gasteiger partial charge in [0.2, 0.25) is 0 Å². The summed E-state index contributed by atoms with van der Waals surface area (Å²) in [7, 11) is 0.347. The smallest absolute Gasteiger partial charge is 0.263 e. The average Bonchev–Trinajstić information content (AvgIpc) is 1.99. The van der Waals surface area contributed by atoms with E-state index in [1.165, 1.54) is 0 Å². The van der Waals surface area contributed by atoms with Crippen molar-refractivity contribution in [1.29, 1.82) is 0 Å². The van der Waals surface area contributed by atoms with E-state index in [0.29, 0.717) is 7.05 Å². The van der Waals surface area contributed by atoms with Crippen LogP contribution in [0.4, 0.5) is 26.3 Å². The van der Waals surface area contributed by atoms with Crippen LogP contribution in [0.5, 0.6) is 0 Å². The number of amides is 2. The summed E-state index contributed by atoms with van der Waals surface area (Å²) in [6, 6.07) is 0. The van der Waals surface area contributed by atoms with Gasteiger partial charge in [-0.3, -0.25) is 15.0 Å². The van der Waals surface area contributed by atoms with E-state index in [9.17, 15) is 35.9 Å². The lowest BCUT2D eigenvalue weighted by molar-refractivity contribution is -0.194. The Bertz CT molecular complexity index is 270. The summed E-state index contributed by atoms with van der Waals surface area (Å²) in [5, 5.41) is -0.587. The first kappa shape index (κ1) is 13.5. The van der Waals surface area contributed by atoms with E-state index >= 15 is 0 Å². The van der Waals surface area contributed by atoms with Gasteiger partial charge < -0.3 is 0 Å². The van der Waals surface area contributed by atoms with Crippen molar-refractivity contribution < 1.29 is 35.9 Å². The van der Waals surface area contributed by atoms with Crippen LogP contribution in [0, 0.1) is 0 Å². The van der Waals surface area contributed by atoms with Gasteiger partial charge in [-0.05, 0) is 0 Å². The van der Waals surface area contributed by atoms with E-state index in [-0.39, 0.29) is 0 Å². The zero-order chi connectivity index (χ0) is 12.4. The van der Waals surface area contributed by atoms with Crippen molar-refractivity contribution in [1.82, 2.24) is 10.4 Å². The maximum absolute atomic E-state index is 11.6. The fourth-order valence-corrected chi connectivity index (χ4v) is 0.457. The lowest BCUT2D eigenvalue weighted by Crippen LogP contribution is -2.52. The zero-order valence-corrected chi connectivity index (χ0v) is 7.03. The lowest BCUT2D eigenvalue weighted by atomic mass is 10.5. The molecule has 0 saturated carbocycles. The predicted octanol–water partition coefficient (Wildman–Crippen LogP) is 0.601. The van der Waals surface area contributed by atoms with Gasteiger partial charge in [0.25, 0.3) is 0 Å². The second kappa shape index (κ2) is 3.95. The Kier molecular flexibility index (Phi) is 3.56. The van der Waals surface area contributed by atoms with Crippen LogP contribution in [0.15, 0.2) is 0 Å². The highest BCUT2D eigenvalue weighted by Crippen LogP contribution is 2.18. The highest BCUT2D eigenvalue weighted by Gasteiger charge is 2.45. The maximum Gasteiger partial charge on any atom is 0.473 e. The molecule has 0 aromatic heterocycles. The molecule has 0 fully saturated rings. The van der Waals surface area contributed by atoms with Gasteiger partial charge in [-0.25, -0.2) is 5.01 Å². The molecule has 0 spiro atoms. The van der Waals surface area contributed by atoms with E-state index in [0.717, 1.165) is 5.43 Å². The summed E-state index contributed by atoms with van der Waals surface area (Å²) in [6.45, 7) is 0. The largest absolute Gasteiger partial charge is 0.473 e. The molecule has 0 saturated heterocycles. The predicted molar refractivity (Wildman–Crippen MR) is 33.0 cm³/mol. The van der Waals surface area contributed by atoms with Crippen molar-refractivity contribution in [2.45, 2.75) is 12.4 Å².